The third kappa shape index (κ3) is 4.84. The standard InChI is InChI=1S/C19H24N2O5/c1-4-25-16(22)8-6-7-15-17(19(23)26-5-2)18(21-20-15)13-9-11-14(24-3)12-10-13/h9-12H,4-8H2,1-3H3,(H,20,21). The number of H-pyrrole nitrogens is 1. The van der Waals surface area contributed by atoms with Gasteiger partial charge in [-0.05, 0) is 51.0 Å². The highest BCUT2D eigenvalue weighted by molar-refractivity contribution is 5.97. The van der Waals surface area contributed by atoms with Crippen molar-refractivity contribution in [2.75, 3.05) is 20.3 Å². The van der Waals surface area contributed by atoms with Gasteiger partial charge in [0.2, 0.25) is 0 Å². The lowest BCUT2D eigenvalue weighted by atomic mass is 10.0. The van der Waals surface area contributed by atoms with Crippen LogP contribution in [-0.2, 0) is 20.7 Å². The van der Waals surface area contributed by atoms with Crippen LogP contribution in [0, 0.1) is 0 Å². The molecule has 0 amide bonds. The van der Waals surface area contributed by atoms with Crippen LogP contribution in [0.2, 0.25) is 0 Å². The van der Waals surface area contributed by atoms with Crippen molar-refractivity contribution >= 4 is 11.9 Å². The largest absolute Gasteiger partial charge is 0.497 e. The Hall–Kier alpha value is -2.83. The van der Waals surface area contributed by atoms with Crippen LogP contribution in [0.4, 0.5) is 0 Å². The highest BCUT2D eigenvalue weighted by atomic mass is 16.5. The molecule has 7 nitrogen and oxygen atoms in total. The monoisotopic (exact) mass is 360 g/mol. The third-order valence-electron chi connectivity index (χ3n) is 3.80. The van der Waals surface area contributed by atoms with Crippen molar-refractivity contribution in [2.24, 2.45) is 0 Å². The molecule has 0 aliphatic carbocycles. The summed E-state index contributed by atoms with van der Waals surface area (Å²) < 4.78 is 15.3. The van der Waals surface area contributed by atoms with E-state index in [1.165, 1.54) is 0 Å². The van der Waals surface area contributed by atoms with E-state index in [-0.39, 0.29) is 19.0 Å². The number of benzene rings is 1. The summed E-state index contributed by atoms with van der Waals surface area (Å²) in [6, 6.07) is 7.28. The lowest BCUT2D eigenvalue weighted by Crippen LogP contribution is -2.09. The average molecular weight is 360 g/mol. The smallest absolute Gasteiger partial charge is 0.342 e. The molecule has 0 fully saturated rings. The van der Waals surface area contributed by atoms with Gasteiger partial charge >= 0.3 is 11.9 Å². The Kier molecular flexibility index (Phi) is 7.20. The zero-order valence-electron chi connectivity index (χ0n) is 15.3. The molecule has 2 aromatic rings. The predicted molar refractivity (Wildman–Crippen MR) is 96.1 cm³/mol. The van der Waals surface area contributed by atoms with Gasteiger partial charge in [-0.25, -0.2) is 4.79 Å². The van der Waals surface area contributed by atoms with Crippen LogP contribution < -0.4 is 4.74 Å². The van der Waals surface area contributed by atoms with Crippen molar-refractivity contribution in [3.05, 3.63) is 35.5 Å². The summed E-state index contributed by atoms with van der Waals surface area (Å²) in [5, 5.41) is 7.21. The Labute approximate surface area is 152 Å². The maximum atomic E-state index is 12.4. The minimum absolute atomic E-state index is 0.250. The summed E-state index contributed by atoms with van der Waals surface area (Å²) in [7, 11) is 1.59. The van der Waals surface area contributed by atoms with Gasteiger partial charge in [0.1, 0.15) is 17.0 Å². The average Bonchev–Trinajstić information content (AvgIpc) is 3.06. The van der Waals surface area contributed by atoms with Crippen molar-refractivity contribution < 1.29 is 23.8 Å². The van der Waals surface area contributed by atoms with Gasteiger partial charge < -0.3 is 14.2 Å². The summed E-state index contributed by atoms with van der Waals surface area (Å²) in [5.74, 6) is 0.0370. The number of carbonyl (C=O) groups excluding carboxylic acids is 2. The molecule has 1 N–H and O–H groups in total. The number of esters is 2. The summed E-state index contributed by atoms with van der Waals surface area (Å²) in [6.45, 7) is 4.16. The normalized spacial score (nSPS) is 10.4. The molecule has 0 radical (unpaired) electrons. The fourth-order valence-electron chi connectivity index (χ4n) is 2.58. The number of hydrogen-bond acceptors (Lipinski definition) is 6. The molecular weight excluding hydrogens is 336 g/mol. The second-order valence-corrected chi connectivity index (χ2v) is 5.53. The molecule has 7 heteroatoms. The highest BCUT2D eigenvalue weighted by Crippen LogP contribution is 2.27. The molecule has 0 bridgehead atoms. The van der Waals surface area contributed by atoms with E-state index < -0.39 is 5.97 Å². The first-order chi connectivity index (χ1) is 12.6. The maximum Gasteiger partial charge on any atom is 0.342 e. The second-order valence-electron chi connectivity index (χ2n) is 5.53. The number of rotatable bonds is 9. The molecule has 0 saturated heterocycles. The van der Waals surface area contributed by atoms with E-state index in [2.05, 4.69) is 10.2 Å². The Morgan fingerprint density at radius 1 is 1.08 bits per heavy atom. The molecule has 0 unspecified atom stereocenters. The van der Waals surface area contributed by atoms with Crippen LogP contribution in [0.1, 0.15) is 42.7 Å². The van der Waals surface area contributed by atoms with E-state index in [4.69, 9.17) is 14.2 Å². The first-order valence-electron chi connectivity index (χ1n) is 8.65. The van der Waals surface area contributed by atoms with E-state index in [1.54, 1.807) is 33.1 Å². The molecule has 0 atom stereocenters. The van der Waals surface area contributed by atoms with Gasteiger partial charge in [0.05, 0.1) is 26.0 Å². The van der Waals surface area contributed by atoms with Gasteiger partial charge in [-0.3, -0.25) is 9.89 Å². The molecule has 2 rings (SSSR count). The van der Waals surface area contributed by atoms with E-state index in [9.17, 15) is 9.59 Å². The SMILES string of the molecule is CCOC(=O)CCCc1[nH]nc(-c2ccc(OC)cc2)c1C(=O)OCC. The van der Waals surface area contributed by atoms with Gasteiger partial charge in [-0.1, -0.05) is 0 Å². The fourth-order valence-corrected chi connectivity index (χ4v) is 2.58. The molecule has 0 saturated carbocycles. The van der Waals surface area contributed by atoms with Gasteiger partial charge in [0.25, 0.3) is 0 Å². The van der Waals surface area contributed by atoms with Gasteiger partial charge in [-0.15, -0.1) is 0 Å². The van der Waals surface area contributed by atoms with E-state index in [0.29, 0.717) is 36.4 Å². The number of nitrogens with zero attached hydrogens (tertiary/aromatic N) is 1. The number of hydrogen-bond donors (Lipinski definition) is 1. The maximum absolute atomic E-state index is 12.4. The van der Waals surface area contributed by atoms with Crippen LogP contribution in [0.3, 0.4) is 0 Å². The molecule has 0 aliphatic rings. The van der Waals surface area contributed by atoms with Crippen LogP contribution in [-0.4, -0.2) is 42.5 Å². The summed E-state index contributed by atoms with van der Waals surface area (Å²) >= 11 is 0. The number of carbonyl (C=O) groups is 2. The number of aromatic nitrogens is 2. The quantitative estimate of drug-likeness (QED) is 0.691. The van der Waals surface area contributed by atoms with E-state index >= 15 is 0 Å². The Balaban J connectivity index is 2.23. The lowest BCUT2D eigenvalue weighted by molar-refractivity contribution is -0.143. The minimum Gasteiger partial charge on any atom is -0.497 e. The third-order valence-corrected chi connectivity index (χ3v) is 3.80. The van der Waals surface area contributed by atoms with Crippen LogP contribution >= 0.6 is 0 Å². The summed E-state index contributed by atoms with van der Waals surface area (Å²) in [5.41, 5.74) is 2.36. The van der Waals surface area contributed by atoms with Crippen molar-refractivity contribution in [3.63, 3.8) is 0 Å². The van der Waals surface area contributed by atoms with Crippen molar-refractivity contribution in [1.82, 2.24) is 10.2 Å². The number of ether oxygens (including phenoxy) is 3. The van der Waals surface area contributed by atoms with Gasteiger partial charge in [0.15, 0.2) is 0 Å². The molecule has 1 heterocycles. The first kappa shape index (κ1) is 19.5. The number of aryl methyl sites for hydroxylation is 1. The van der Waals surface area contributed by atoms with Crippen molar-refractivity contribution in [3.8, 4) is 17.0 Å². The Morgan fingerprint density at radius 2 is 1.77 bits per heavy atom. The molecular formula is C19H24N2O5. The molecule has 0 aliphatic heterocycles. The molecule has 26 heavy (non-hydrogen) atoms. The predicted octanol–water partition coefficient (Wildman–Crippen LogP) is 3.15. The van der Waals surface area contributed by atoms with Gasteiger partial charge in [0, 0.05) is 12.0 Å². The van der Waals surface area contributed by atoms with Crippen LogP contribution in [0.5, 0.6) is 5.75 Å². The van der Waals surface area contributed by atoms with Gasteiger partial charge in [-0.2, -0.15) is 5.10 Å². The minimum atomic E-state index is -0.432. The number of nitrogens with one attached hydrogen (secondary N) is 1. The van der Waals surface area contributed by atoms with E-state index in [0.717, 1.165) is 11.3 Å². The fraction of sp³-hybridized carbons (Fsp3) is 0.421. The van der Waals surface area contributed by atoms with E-state index in [1.807, 2.05) is 12.1 Å². The highest BCUT2D eigenvalue weighted by Gasteiger charge is 2.22. The number of aromatic amines is 1. The molecule has 1 aromatic heterocycles. The second kappa shape index (κ2) is 9.60. The van der Waals surface area contributed by atoms with Crippen LogP contribution in [0.25, 0.3) is 11.3 Å². The Bertz CT molecular complexity index is 737. The summed E-state index contributed by atoms with van der Waals surface area (Å²) in [4.78, 5) is 23.9. The zero-order valence-corrected chi connectivity index (χ0v) is 15.3. The molecule has 0 spiro atoms. The summed E-state index contributed by atoms with van der Waals surface area (Å²) in [6.07, 6.45) is 1.33. The Morgan fingerprint density at radius 3 is 2.38 bits per heavy atom. The van der Waals surface area contributed by atoms with Crippen LogP contribution in [0.15, 0.2) is 24.3 Å². The van der Waals surface area contributed by atoms with Crippen molar-refractivity contribution in [2.45, 2.75) is 33.1 Å². The first-order valence-corrected chi connectivity index (χ1v) is 8.65. The topological polar surface area (TPSA) is 90.5 Å². The molecule has 1 aromatic carbocycles. The molecule has 140 valence electrons. The zero-order chi connectivity index (χ0) is 18.9. The van der Waals surface area contributed by atoms with Crippen molar-refractivity contribution in [1.29, 1.82) is 0 Å². The number of methoxy groups -OCH3 is 1. The lowest BCUT2D eigenvalue weighted by Gasteiger charge is -2.07.